The van der Waals surface area contributed by atoms with Crippen LogP contribution in [0.3, 0.4) is 0 Å². The Labute approximate surface area is 129 Å². The third-order valence-corrected chi connectivity index (χ3v) is 3.52. The molecule has 2 aromatic carbocycles. The number of rotatable bonds is 5. The van der Waals surface area contributed by atoms with Crippen LogP contribution in [0, 0.1) is 6.92 Å². The minimum atomic E-state index is 0.0890. The maximum atomic E-state index is 7.72. The van der Waals surface area contributed by atoms with Crippen molar-refractivity contribution in [3.63, 3.8) is 0 Å². The van der Waals surface area contributed by atoms with Crippen molar-refractivity contribution in [3.05, 3.63) is 83.2 Å². The Kier molecular flexibility index (Phi) is 4.05. The van der Waals surface area contributed by atoms with Crippen LogP contribution in [0.4, 0.5) is 5.88 Å². The summed E-state index contributed by atoms with van der Waals surface area (Å²) < 4.78 is 4.99. The average Bonchev–Trinajstić information content (AvgIpc) is 2.88. The van der Waals surface area contributed by atoms with Crippen LogP contribution in [0.15, 0.2) is 65.2 Å². The van der Waals surface area contributed by atoms with Gasteiger partial charge in [0.2, 0.25) is 5.27 Å². The second-order valence-corrected chi connectivity index (χ2v) is 5.17. The van der Waals surface area contributed by atoms with E-state index in [1.165, 1.54) is 11.1 Å². The molecule has 0 bridgehead atoms. The number of hydrogen-bond acceptors (Lipinski definition) is 3. The fraction of sp³-hybridized carbons (Fsp3) is 0.176. The predicted octanol–water partition coefficient (Wildman–Crippen LogP) is 3.29. The van der Waals surface area contributed by atoms with Gasteiger partial charge in [-0.2, -0.15) is 0 Å². The Hall–Kier alpha value is -2.82. The van der Waals surface area contributed by atoms with Gasteiger partial charge >= 0.3 is 0 Å². The Morgan fingerprint density at radius 1 is 0.955 bits per heavy atom. The Balaban J connectivity index is 1.90. The molecule has 0 fully saturated rings. The first-order valence-electron chi connectivity index (χ1n) is 7.17. The van der Waals surface area contributed by atoms with Crippen LogP contribution in [0.1, 0.15) is 16.8 Å². The number of nitrogens with one attached hydrogen (secondary N) is 1. The lowest BCUT2D eigenvalue weighted by atomic mass is 10.2. The molecule has 0 saturated carbocycles. The molecule has 0 radical (unpaired) electrons. The molecule has 0 aliphatic carbocycles. The van der Waals surface area contributed by atoms with Crippen molar-refractivity contribution in [2.75, 3.05) is 5.01 Å². The quantitative estimate of drug-likeness (QED) is 0.678. The number of aromatic nitrogens is 2. The summed E-state index contributed by atoms with van der Waals surface area (Å²) in [6, 6.07) is 20.4. The van der Waals surface area contributed by atoms with E-state index in [1.54, 1.807) is 4.79 Å². The van der Waals surface area contributed by atoms with E-state index >= 15 is 0 Å². The Morgan fingerprint density at radius 2 is 1.45 bits per heavy atom. The molecule has 5 nitrogen and oxygen atoms in total. The summed E-state index contributed by atoms with van der Waals surface area (Å²) in [4.78, 5) is 1.67. The van der Waals surface area contributed by atoms with E-state index in [2.05, 4.69) is 34.5 Å². The van der Waals surface area contributed by atoms with Crippen LogP contribution in [0.5, 0.6) is 0 Å². The molecule has 0 amide bonds. The van der Waals surface area contributed by atoms with E-state index in [1.807, 2.05) is 43.3 Å². The lowest BCUT2D eigenvalue weighted by Crippen LogP contribution is -2.59. The number of hydrogen-bond donors (Lipinski definition) is 0. The third kappa shape index (κ3) is 3.09. The maximum Gasteiger partial charge on any atom is 0.265 e. The van der Waals surface area contributed by atoms with Crippen LogP contribution in [0.25, 0.3) is 5.73 Å². The zero-order chi connectivity index (χ0) is 15.4. The molecule has 0 saturated heterocycles. The van der Waals surface area contributed by atoms with Crippen LogP contribution >= 0.6 is 0 Å². The lowest BCUT2D eigenvalue weighted by Gasteiger charge is -2.15. The van der Waals surface area contributed by atoms with Crippen molar-refractivity contribution in [3.8, 4) is 0 Å². The minimum Gasteiger partial charge on any atom is -0.660 e. The third-order valence-electron chi connectivity index (χ3n) is 3.52. The normalized spacial score (nSPS) is 10.6. The van der Waals surface area contributed by atoms with Gasteiger partial charge < -0.3 is 10.3 Å². The van der Waals surface area contributed by atoms with Crippen molar-refractivity contribution in [2.24, 2.45) is 0 Å². The van der Waals surface area contributed by atoms with Gasteiger partial charge in [0.15, 0.2) is 0 Å². The number of nitrogens with zero attached hydrogens (tertiary/aromatic N) is 3. The SMILES string of the molecule is Cc1c([NH-])on[n+]1N(Cc1ccccc1)Cc1ccccc1. The van der Waals surface area contributed by atoms with Crippen LogP contribution in [-0.2, 0) is 13.1 Å². The van der Waals surface area contributed by atoms with Crippen molar-refractivity contribution in [1.82, 2.24) is 5.27 Å². The first kappa shape index (κ1) is 14.1. The molecule has 0 aliphatic heterocycles. The van der Waals surface area contributed by atoms with Crippen molar-refractivity contribution in [1.29, 1.82) is 0 Å². The Morgan fingerprint density at radius 3 is 1.86 bits per heavy atom. The topological polar surface area (TPSA) is 57.0 Å². The van der Waals surface area contributed by atoms with Crippen molar-refractivity contribution >= 4 is 5.88 Å². The van der Waals surface area contributed by atoms with Crippen LogP contribution in [-0.4, -0.2) is 5.27 Å². The van der Waals surface area contributed by atoms with E-state index in [4.69, 9.17) is 10.3 Å². The minimum absolute atomic E-state index is 0.0890. The van der Waals surface area contributed by atoms with Crippen molar-refractivity contribution < 1.29 is 9.31 Å². The highest BCUT2D eigenvalue weighted by molar-refractivity contribution is 5.29. The van der Waals surface area contributed by atoms with Gasteiger partial charge in [0.05, 0.1) is 4.79 Å². The molecular weight excluding hydrogens is 276 g/mol. The zero-order valence-corrected chi connectivity index (χ0v) is 12.4. The fourth-order valence-corrected chi connectivity index (χ4v) is 2.34. The summed E-state index contributed by atoms with van der Waals surface area (Å²) in [6.45, 7) is 3.21. The van der Waals surface area contributed by atoms with Gasteiger partial charge in [0.1, 0.15) is 19.0 Å². The highest BCUT2D eigenvalue weighted by Gasteiger charge is 2.23. The molecule has 0 aliphatic rings. The smallest absolute Gasteiger partial charge is 0.265 e. The first-order chi connectivity index (χ1) is 10.7. The van der Waals surface area contributed by atoms with E-state index in [-0.39, 0.29) is 5.88 Å². The molecule has 22 heavy (non-hydrogen) atoms. The predicted molar refractivity (Wildman–Crippen MR) is 83.9 cm³/mol. The standard InChI is InChI=1S/C17H18N4O/c1-14-17(18)22-19-21(14)20(12-15-8-4-2-5-9-15)13-16-10-6-3-7-11-16/h2-11,18H,12-13H2,1H3. The largest absolute Gasteiger partial charge is 0.660 e. The second-order valence-electron chi connectivity index (χ2n) is 5.17. The van der Waals surface area contributed by atoms with Crippen LogP contribution < -0.4 is 9.80 Å². The van der Waals surface area contributed by atoms with Gasteiger partial charge in [-0.05, 0) is 11.1 Å². The summed E-state index contributed by atoms with van der Waals surface area (Å²) >= 11 is 0. The van der Waals surface area contributed by atoms with E-state index in [9.17, 15) is 0 Å². The van der Waals surface area contributed by atoms with E-state index in [0.29, 0.717) is 18.8 Å². The molecule has 1 N–H and O–H groups in total. The van der Waals surface area contributed by atoms with Gasteiger partial charge in [0, 0.05) is 6.92 Å². The van der Waals surface area contributed by atoms with Gasteiger partial charge in [0.25, 0.3) is 5.69 Å². The molecule has 1 heterocycles. The molecule has 3 rings (SSSR count). The molecule has 1 aromatic heterocycles. The Bertz CT molecular complexity index is 683. The molecule has 0 unspecified atom stereocenters. The first-order valence-corrected chi connectivity index (χ1v) is 7.17. The average molecular weight is 294 g/mol. The summed E-state index contributed by atoms with van der Waals surface area (Å²) in [5.74, 6) is 0.0890. The summed E-state index contributed by atoms with van der Waals surface area (Å²) in [5, 5.41) is 6.05. The van der Waals surface area contributed by atoms with Gasteiger partial charge in [-0.3, -0.25) is 0 Å². The molecule has 0 atom stereocenters. The number of benzene rings is 2. The zero-order valence-electron chi connectivity index (χ0n) is 12.4. The highest BCUT2D eigenvalue weighted by atomic mass is 16.5. The molecule has 0 spiro atoms. The van der Waals surface area contributed by atoms with Crippen molar-refractivity contribution in [2.45, 2.75) is 20.0 Å². The van der Waals surface area contributed by atoms with Gasteiger partial charge in [-0.25, -0.2) is 0 Å². The summed E-state index contributed by atoms with van der Waals surface area (Å²) in [6.07, 6.45) is 0. The summed E-state index contributed by atoms with van der Waals surface area (Å²) in [5.41, 5.74) is 10.8. The lowest BCUT2D eigenvalue weighted by molar-refractivity contribution is -0.766. The van der Waals surface area contributed by atoms with E-state index < -0.39 is 0 Å². The maximum absolute atomic E-state index is 7.72. The highest BCUT2D eigenvalue weighted by Crippen LogP contribution is 2.12. The molecular formula is C17H18N4O. The second kappa shape index (κ2) is 6.30. The fourth-order valence-electron chi connectivity index (χ4n) is 2.34. The molecule has 3 aromatic rings. The monoisotopic (exact) mass is 294 g/mol. The van der Waals surface area contributed by atoms with E-state index in [0.717, 1.165) is 0 Å². The summed E-state index contributed by atoms with van der Waals surface area (Å²) in [7, 11) is 0. The van der Waals surface area contributed by atoms with Crippen LogP contribution in [0.2, 0.25) is 0 Å². The van der Waals surface area contributed by atoms with Gasteiger partial charge in [-0.1, -0.05) is 60.7 Å². The molecule has 112 valence electrons. The van der Waals surface area contributed by atoms with Gasteiger partial charge in [-0.15, -0.1) is 5.01 Å². The molecule has 5 heteroatoms.